The molecule has 0 unspecified atom stereocenters. The number of nitrogens with zero attached hydrogens (tertiary/aromatic N) is 1. The monoisotopic (exact) mass is 590 g/mol. The van der Waals surface area contributed by atoms with E-state index in [1.807, 2.05) is 6.20 Å². The van der Waals surface area contributed by atoms with Gasteiger partial charge in [-0.05, 0) is 105 Å². The van der Waals surface area contributed by atoms with E-state index in [1.165, 1.54) is 43.8 Å². The van der Waals surface area contributed by atoms with Crippen LogP contribution in [0.5, 0.6) is 0 Å². The Morgan fingerprint density at radius 2 is 1.09 bits per heavy atom. The van der Waals surface area contributed by atoms with Crippen LogP contribution in [0.15, 0.2) is 162 Å². The summed E-state index contributed by atoms with van der Waals surface area (Å²) in [6.07, 6.45) is 4.10. The van der Waals surface area contributed by atoms with Crippen LogP contribution in [0.1, 0.15) is 11.3 Å². The molecule has 1 N–H and O–H groups in total. The normalized spacial score (nSPS) is 12.3. The summed E-state index contributed by atoms with van der Waals surface area (Å²) in [5.74, 6) is 0.973. The first-order valence-corrected chi connectivity index (χ1v) is 15.7. The lowest BCUT2D eigenvalue weighted by atomic mass is 9.97. The Kier molecular flexibility index (Phi) is 6.20. The highest BCUT2D eigenvalue weighted by molar-refractivity contribution is 6.08. The van der Waals surface area contributed by atoms with E-state index in [0.717, 1.165) is 39.4 Å². The van der Waals surface area contributed by atoms with Crippen LogP contribution >= 0.6 is 0 Å². The van der Waals surface area contributed by atoms with Gasteiger partial charge in [0.2, 0.25) is 0 Å². The lowest BCUT2D eigenvalue weighted by Crippen LogP contribution is -2.10. The number of rotatable bonds is 5. The first-order chi connectivity index (χ1) is 22.8. The Balaban J connectivity index is 1.14. The fraction of sp³-hybridized carbons (Fsp3) is 0.0233. The predicted molar refractivity (Wildman–Crippen MR) is 193 cm³/mol. The first-order valence-electron chi connectivity index (χ1n) is 15.7. The van der Waals surface area contributed by atoms with E-state index in [1.54, 1.807) is 0 Å². The van der Waals surface area contributed by atoms with Crippen LogP contribution in [0.3, 0.4) is 0 Å². The van der Waals surface area contributed by atoms with Crippen molar-refractivity contribution in [1.29, 1.82) is 0 Å². The van der Waals surface area contributed by atoms with Crippen molar-refractivity contribution >= 4 is 55.7 Å². The quantitative estimate of drug-likeness (QED) is 0.202. The van der Waals surface area contributed by atoms with E-state index in [0.29, 0.717) is 6.54 Å². The molecule has 0 spiro atoms. The lowest BCUT2D eigenvalue weighted by molar-refractivity contribution is 0.532. The molecular formula is C43H30N2O. The summed E-state index contributed by atoms with van der Waals surface area (Å²) in [7, 11) is 0. The van der Waals surface area contributed by atoms with Crippen molar-refractivity contribution in [3.05, 3.63) is 169 Å². The van der Waals surface area contributed by atoms with Gasteiger partial charge in [-0.1, -0.05) is 103 Å². The van der Waals surface area contributed by atoms with Crippen LogP contribution in [0.2, 0.25) is 0 Å². The van der Waals surface area contributed by atoms with Crippen molar-refractivity contribution in [2.45, 2.75) is 6.54 Å². The SMILES string of the molecule is C1=Cc2c(oc3ccc(N(c4ccc(-c5ccccc5)cc4)c4ccc(-c5ccc6ccc7ccccc7c6c5)cc4)cc23)CN1. The van der Waals surface area contributed by atoms with Gasteiger partial charge >= 0.3 is 0 Å². The van der Waals surface area contributed by atoms with Crippen LogP contribution in [0, 0.1) is 0 Å². The minimum Gasteiger partial charge on any atom is -0.459 e. The molecule has 8 aromatic rings. The minimum atomic E-state index is 0.701. The molecule has 0 fully saturated rings. The van der Waals surface area contributed by atoms with Crippen molar-refractivity contribution in [2.24, 2.45) is 0 Å². The predicted octanol–water partition coefficient (Wildman–Crippen LogP) is 11.6. The van der Waals surface area contributed by atoms with Gasteiger partial charge in [-0.2, -0.15) is 0 Å². The van der Waals surface area contributed by atoms with Gasteiger partial charge in [0.05, 0.1) is 6.54 Å². The third-order valence-electron chi connectivity index (χ3n) is 9.11. The fourth-order valence-electron chi connectivity index (χ4n) is 6.77. The summed E-state index contributed by atoms with van der Waals surface area (Å²) in [4.78, 5) is 2.33. The molecular weight excluding hydrogens is 560 g/mol. The van der Waals surface area contributed by atoms with Gasteiger partial charge in [0.25, 0.3) is 0 Å². The summed E-state index contributed by atoms with van der Waals surface area (Å²) in [5.41, 5.74) is 10.1. The van der Waals surface area contributed by atoms with Gasteiger partial charge in [-0.3, -0.25) is 0 Å². The topological polar surface area (TPSA) is 28.4 Å². The summed E-state index contributed by atoms with van der Waals surface area (Å²) < 4.78 is 6.19. The Labute approximate surface area is 267 Å². The molecule has 0 radical (unpaired) electrons. The summed E-state index contributed by atoms with van der Waals surface area (Å²) >= 11 is 0. The number of furan rings is 1. The first kappa shape index (κ1) is 26.4. The summed E-state index contributed by atoms with van der Waals surface area (Å²) in [6.45, 7) is 0.701. The number of hydrogen-bond donors (Lipinski definition) is 1. The Hall–Kier alpha value is -6.06. The second-order valence-corrected chi connectivity index (χ2v) is 11.9. The highest BCUT2D eigenvalue weighted by atomic mass is 16.3. The van der Waals surface area contributed by atoms with Crippen LogP contribution in [-0.2, 0) is 6.54 Å². The molecule has 1 aliphatic heterocycles. The second kappa shape index (κ2) is 10.8. The molecule has 0 bridgehead atoms. The maximum atomic E-state index is 6.19. The number of benzene rings is 7. The lowest BCUT2D eigenvalue weighted by Gasteiger charge is -2.26. The van der Waals surface area contributed by atoms with E-state index in [2.05, 4.69) is 168 Å². The summed E-state index contributed by atoms with van der Waals surface area (Å²) in [5, 5.41) is 9.46. The zero-order valence-corrected chi connectivity index (χ0v) is 25.2. The minimum absolute atomic E-state index is 0.701. The molecule has 3 nitrogen and oxygen atoms in total. The molecule has 0 saturated heterocycles. The molecule has 9 rings (SSSR count). The third-order valence-corrected chi connectivity index (χ3v) is 9.11. The molecule has 1 aromatic heterocycles. The van der Waals surface area contributed by atoms with E-state index >= 15 is 0 Å². The van der Waals surface area contributed by atoms with Crippen LogP contribution in [0.4, 0.5) is 17.1 Å². The van der Waals surface area contributed by atoms with Crippen molar-refractivity contribution in [3.63, 3.8) is 0 Å². The highest BCUT2D eigenvalue weighted by Crippen LogP contribution is 2.40. The standard InChI is InChI=1S/C43H30N2O/c1-2-6-29(7-3-1)30-14-18-35(19-15-30)45(37-22-23-42-41(27-37)39-24-25-44-28-43(39)46-42)36-20-16-31(17-21-36)34-13-12-33-11-10-32-8-4-5-9-38(32)40(33)26-34/h1-27,44H,28H2. The van der Waals surface area contributed by atoms with Crippen LogP contribution < -0.4 is 10.2 Å². The van der Waals surface area contributed by atoms with Crippen LogP contribution in [-0.4, -0.2) is 0 Å². The van der Waals surface area contributed by atoms with E-state index in [4.69, 9.17) is 4.42 Å². The van der Waals surface area contributed by atoms with Gasteiger partial charge in [0, 0.05) is 28.0 Å². The van der Waals surface area contributed by atoms with Gasteiger partial charge in [-0.15, -0.1) is 0 Å². The van der Waals surface area contributed by atoms with E-state index in [-0.39, 0.29) is 0 Å². The maximum Gasteiger partial charge on any atom is 0.135 e. The largest absolute Gasteiger partial charge is 0.459 e. The smallest absolute Gasteiger partial charge is 0.135 e. The van der Waals surface area contributed by atoms with Crippen LogP contribution in [0.25, 0.3) is 60.8 Å². The molecule has 218 valence electrons. The number of fused-ring (bicyclic) bond motifs is 6. The average Bonchev–Trinajstić information content (AvgIpc) is 3.51. The van der Waals surface area contributed by atoms with Gasteiger partial charge in [0.1, 0.15) is 11.3 Å². The van der Waals surface area contributed by atoms with Crippen molar-refractivity contribution in [3.8, 4) is 22.3 Å². The van der Waals surface area contributed by atoms with Crippen molar-refractivity contribution in [2.75, 3.05) is 4.90 Å². The maximum absolute atomic E-state index is 6.19. The molecule has 1 aliphatic rings. The van der Waals surface area contributed by atoms with Gasteiger partial charge in [0.15, 0.2) is 0 Å². The Morgan fingerprint density at radius 1 is 0.478 bits per heavy atom. The van der Waals surface area contributed by atoms with E-state index < -0.39 is 0 Å². The molecule has 0 aliphatic carbocycles. The van der Waals surface area contributed by atoms with Gasteiger partial charge < -0.3 is 14.6 Å². The molecule has 46 heavy (non-hydrogen) atoms. The number of anilines is 3. The average molecular weight is 591 g/mol. The highest BCUT2D eigenvalue weighted by Gasteiger charge is 2.19. The fourth-order valence-corrected chi connectivity index (χ4v) is 6.77. The zero-order valence-electron chi connectivity index (χ0n) is 25.2. The molecule has 0 atom stereocenters. The Morgan fingerprint density at radius 3 is 1.87 bits per heavy atom. The van der Waals surface area contributed by atoms with Crippen molar-refractivity contribution in [1.82, 2.24) is 5.32 Å². The molecule has 0 saturated carbocycles. The van der Waals surface area contributed by atoms with Crippen molar-refractivity contribution < 1.29 is 4.42 Å². The third kappa shape index (κ3) is 4.53. The molecule has 3 heteroatoms. The second-order valence-electron chi connectivity index (χ2n) is 11.9. The zero-order chi connectivity index (χ0) is 30.5. The van der Waals surface area contributed by atoms with E-state index in [9.17, 15) is 0 Å². The van der Waals surface area contributed by atoms with Gasteiger partial charge in [-0.25, -0.2) is 0 Å². The Bertz CT molecular complexity index is 2400. The molecule has 2 heterocycles. The molecule has 7 aromatic carbocycles. The number of hydrogen-bond acceptors (Lipinski definition) is 3. The summed E-state index contributed by atoms with van der Waals surface area (Å²) in [6, 6.07) is 54.6. The molecule has 0 amide bonds. The number of nitrogens with one attached hydrogen (secondary N) is 1.